The van der Waals surface area contributed by atoms with Crippen LogP contribution in [0.15, 0.2) is 36.4 Å². The highest BCUT2D eigenvalue weighted by atomic mass is 35.5. The summed E-state index contributed by atoms with van der Waals surface area (Å²) in [6.07, 6.45) is 0. The van der Waals surface area contributed by atoms with Gasteiger partial charge in [0, 0.05) is 0 Å². The van der Waals surface area contributed by atoms with Crippen LogP contribution in [-0.4, -0.2) is 12.5 Å². The van der Waals surface area contributed by atoms with Crippen LogP contribution in [0.2, 0.25) is 5.02 Å². The molecule has 1 unspecified atom stereocenters. The summed E-state index contributed by atoms with van der Waals surface area (Å²) in [5, 5.41) is 2.23. The van der Waals surface area contributed by atoms with Gasteiger partial charge in [-0.3, -0.25) is 4.79 Å². The third-order valence-corrected chi connectivity index (χ3v) is 3.96. The molecule has 1 aliphatic heterocycles. The van der Waals surface area contributed by atoms with E-state index in [9.17, 15) is 9.18 Å². The minimum atomic E-state index is -0.507. The number of hydrogen-bond acceptors (Lipinski definition) is 2. The second-order valence-corrected chi connectivity index (χ2v) is 5.47. The Balaban J connectivity index is 1.94. The molecular formula is C15H10Cl2FNO2. The Kier molecular flexibility index (Phi) is 3.74. The van der Waals surface area contributed by atoms with Crippen LogP contribution in [0.25, 0.3) is 0 Å². The van der Waals surface area contributed by atoms with Crippen LogP contribution >= 0.6 is 23.2 Å². The number of amides is 1. The molecular weight excluding hydrogens is 316 g/mol. The number of halogens is 3. The van der Waals surface area contributed by atoms with Crippen molar-refractivity contribution in [2.24, 2.45) is 0 Å². The summed E-state index contributed by atoms with van der Waals surface area (Å²) < 4.78 is 18.5. The predicted octanol–water partition coefficient (Wildman–Crippen LogP) is 4.14. The fraction of sp³-hybridized carbons (Fsp3) is 0.133. The fourth-order valence-corrected chi connectivity index (χ4v) is 2.58. The average Bonchev–Trinajstić information content (AvgIpc) is 2.48. The van der Waals surface area contributed by atoms with Gasteiger partial charge in [0.25, 0.3) is 5.91 Å². The molecule has 21 heavy (non-hydrogen) atoms. The van der Waals surface area contributed by atoms with Crippen molar-refractivity contribution in [1.29, 1.82) is 0 Å². The van der Waals surface area contributed by atoms with E-state index in [0.29, 0.717) is 17.0 Å². The van der Waals surface area contributed by atoms with Crippen molar-refractivity contribution in [2.45, 2.75) is 5.38 Å². The second kappa shape index (κ2) is 5.54. The van der Waals surface area contributed by atoms with Gasteiger partial charge in [-0.25, -0.2) is 4.39 Å². The number of hydrogen-bond donors (Lipinski definition) is 1. The van der Waals surface area contributed by atoms with Crippen LogP contribution in [-0.2, 0) is 4.79 Å². The van der Waals surface area contributed by atoms with Gasteiger partial charge in [0.1, 0.15) is 11.6 Å². The van der Waals surface area contributed by atoms with E-state index in [-0.39, 0.29) is 17.5 Å². The second-order valence-electron chi connectivity index (χ2n) is 4.63. The Hall–Kier alpha value is -1.78. The SMILES string of the molecule is O=C1COc2ccc(C(Cl)c3ccc(F)c(Cl)c3)cc2N1. The third-order valence-electron chi connectivity index (χ3n) is 3.17. The van der Waals surface area contributed by atoms with Gasteiger partial charge >= 0.3 is 0 Å². The van der Waals surface area contributed by atoms with Gasteiger partial charge < -0.3 is 10.1 Å². The number of ether oxygens (including phenoxy) is 1. The molecule has 1 heterocycles. The van der Waals surface area contributed by atoms with Crippen LogP contribution in [0.1, 0.15) is 16.5 Å². The molecule has 3 nitrogen and oxygen atoms in total. The maximum Gasteiger partial charge on any atom is 0.262 e. The highest BCUT2D eigenvalue weighted by Crippen LogP contribution is 2.36. The molecule has 0 aliphatic carbocycles. The number of carbonyl (C=O) groups is 1. The van der Waals surface area contributed by atoms with Crippen molar-refractivity contribution >= 4 is 34.8 Å². The van der Waals surface area contributed by atoms with Crippen LogP contribution < -0.4 is 10.1 Å². The van der Waals surface area contributed by atoms with E-state index in [2.05, 4.69) is 5.32 Å². The number of alkyl halides is 1. The smallest absolute Gasteiger partial charge is 0.262 e. The average molecular weight is 326 g/mol. The van der Waals surface area contributed by atoms with Crippen LogP contribution in [0.4, 0.5) is 10.1 Å². The molecule has 0 saturated carbocycles. The van der Waals surface area contributed by atoms with E-state index in [4.69, 9.17) is 27.9 Å². The van der Waals surface area contributed by atoms with Gasteiger partial charge in [-0.05, 0) is 35.4 Å². The molecule has 1 aliphatic rings. The standard InChI is InChI=1S/C15H10Cl2FNO2/c16-10-5-8(1-3-11(10)18)15(17)9-2-4-13-12(6-9)19-14(20)7-21-13/h1-6,15H,7H2,(H,19,20). The van der Waals surface area contributed by atoms with E-state index >= 15 is 0 Å². The summed E-state index contributed by atoms with van der Waals surface area (Å²) in [7, 11) is 0. The normalized spacial score (nSPS) is 14.9. The topological polar surface area (TPSA) is 38.3 Å². The lowest BCUT2D eigenvalue weighted by Crippen LogP contribution is -2.25. The highest BCUT2D eigenvalue weighted by molar-refractivity contribution is 6.31. The molecule has 0 radical (unpaired) electrons. The van der Waals surface area contributed by atoms with Gasteiger partial charge in [0.05, 0.1) is 16.1 Å². The zero-order valence-electron chi connectivity index (χ0n) is 10.7. The first-order chi connectivity index (χ1) is 10.0. The predicted molar refractivity (Wildman–Crippen MR) is 79.7 cm³/mol. The number of anilines is 1. The van der Waals surface area contributed by atoms with Crippen LogP contribution in [0, 0.1) is 5.82 Å². The summed E-state index contributed by atoms with van der Waals surface area (Å²) in [5.74, 6) is -0.106. The lowest BCUT2D eigenvalue weighted by molar-refractivity contribution is -0.118. The molecule has 0 saturated heterocycles. The van der Waals surface area contributed by atoms with Crippen molar-refractivity contribution in [2.75, 3.05) is 11.9 Å². The Morgan fingerprint density at radius 2 is 1.90 bits per heavy atom. The zero-order valence-corrected chi connectivity index (χ0v) is 12.2. The number of rotatable bonds is 2. The van der Waals surface area contributed by atoms with Crippen molar-refractivity contribution in [1.82, 2.24) is 0 Å². The van der Waals surface area contributed by atoms with Gasteiger partial charge in [0.2, 0.25) is 0 Å². The minimum Gasteiger partial charge on any atom is -0.482 e. The van der Waals surface area contributed by atoms with Gasteiger partial charge in [-0.1, -0.05) is 23.7 Å². The highest BCUT2D eigenvalue weighted by Gasteiger charge is 2.19. The summed E-state index contributed by atoms with van der Waals surface area (Å²) in [6.45, 7) is 0.00419. The van der Waals surface area contributed by atoms with E-state index in [1.54, 1.807) is 24.3 Å². The molecule has 1 N–H and O–H groups in total. The van der Waals surface area contributed by atoms with Gasteiger partial charge in [0.15, 0.2) is 6.61 Å². The van der Waals surface area contributed by atoms with Crippen molar-refractivity contribution in [3.05, 3.63) is 58.4 Å². The molecule has 2 aromatic carbocycles. The number of benzene rings is 2. The monoisotopic (exact) mass is 325 g/mol. The van der Waals surface area contributed by atoms with E-state index in [1.807, 2.05) is 0 Å². The molecule has 0 spiro atoms. The molecule has 1 atom stereocenters. The Morgan fingerprint density at radius 3 is 2.67 bits per heavy atom. The lowest BCUT2D eigenvalue weighted by atomic mass is 10.0. The van der Waals surface area contributed by atoms with Crippen molar-refractivity contribution in [3.63, 3.8) is 0 Å². The molecule has 0 bridgehead atoms. The zero-order chi connectivity index (χ0) is 15.0. The van der Waals surface area contributed by atoms with E-state index in [1.165, 1.54) is 12.1 Å². The molecule has 0 aromatic heterocycles. The first-order valence-electron chi connectivity index (χ1n) is 6.20. The van der Waals surface area contributed by atoms with Gasteiger partial charge in [-0.15, -0.1) is 11.6 Å². The third kappa shape index (κ3) is 2.82. The van der Waals surface area contributed by atoms with Gasteiger partial charge in [-0.2, -0.15) is 0 Å². The maximum absolute atomic E-state index is 13.2. The molecule has 1 amide bonds. The van der Waals surface area contributed by atoms with E-state index in [0.717, 1.165) is 5.56 Å². The molecule has 2 aromatic rings. The Labute approximate surface area is 130 Å². The quantitative estimate of drug-likeness (QED) is 0.843. The molecule has 3 rings (SSSR count). The first-order valence-corrected chi connectivity index (χ1v) is 7.01. The minimum absolute atomic E-state index is 0.00419. The lowest BCUT2D eigenvalue weighted by Gasteiger charge is -2.20. The van der Waals surface area contributed by atoms with Crippen molar-refractivity contribution in [3.8, 4) is 5.75 Å². The van der Waals surface area contributed by atoms with Crippen LogP contribution in [0.3, 0.4) is 0 Å². The molecule has 6 heteroatoms. The molecule has 108 valence electrons. The molecule has 0 fully saturated rings. The maximum atomic E-state index is 13.2. The largest absolute Gasteiger partial charge is 0.482 e. The first kappa shape index (κ1) is 14.2. The number of nitrogens with one attached hydrogen (secondary N) is 1. The summed E-state index contributed by atoms with van der Waals surface area (Å²) in [6, 6.07) is 9.62. The van der Waals surface area contributed by atoms with Crippen LogP contribution in [0.5, 0.6) is 5.75 Å². The van der Waals surface area contributed by atoms with Crippen molar-refractivity contribution < 1.29 is 13.9 Å². The fourth-order valence-electron chi connectivity index (χ4n) is 2.12. The Bertz CT molecular complexity index is 721. The number of carbonyl (C=O) groups excluding carboxylic acids is 1. The summed E-state index contributed by atoms with van der Waals surface area (Å²) in [5.41, 5.74) is 2.00. The number of fused-ring (bicyclic) bond motifs is 1. The van der Waals surface area contributed by atoms with E-state index < -0.39 is 11.2 Å². The summed E-state index contributed by atoms with van der Waals surface area (Å²) in [4.78, 5) is 11.3. The Morgan fingerprint density at radius 1 is 1.19 bits per heavy atom. The summed E-state index contributed by atoms with van der Waals surface area (Å²) >= 11 is 12.2.